The van der Waals surface area contributed by atoms with Crippen LogP contribution in [0.3, 0.4) is 0 Å². The molecule has 0 saturated heterocycles. The summed E-state index contributed by atoms with van der Waals surface area (Å²) in [6.45, 7) is 0. The van der Waals surface area contributed by atoms with Gasteiger partial charge in [0, 0.05) is 23.2 Å². The molecule has 0 aromatic carbocycles. The van der Waals surface area contributed by atoms with Crippen LogP contribution in [-0.2, 0) is 10.0 Å². The minimum Gasteiger partial charge on any atom is -0.267 e. The van der Waals surface area contributed by atoms with Crippen molar-refractivity contribution in [2.75, 3.05) is 16.4 Å². The Bertz CT molecular complexity index is 422. The van der Waals surface area contributed by atoms with Gasteiger partial charge in [0.15, 0.2) is 0 Å². The zero-order valence-corrected chi connectivity index (χ0v) is 10.1. The fourth-order valence-corrected chi connectivity index (χ4v) is 2.42. The second kappa shape index (κ2) is 5.53. The fraction of sp³-hybridized carbons (Fsp3) is 0.375. The average molecular weight is 269 g/mol. The molecule has 0 aliphatic carbocycles. The van der Waals surface area contributed by atoms with Crippen LogP contribution < -0.4 is 4.72 Å². The van der Waals surface area contributed by atoms with Gasteiger partial charge in [-0.1, -0.05) is 11.6 Å². The van der Waals surface area contributed by atoms with E-state index < -0.39 is 10.0 Å². The van der Waals surface area contributed by atoms with Crippen LogP contribution in [-0.4, -0.2) is 25.0 Å². The molecule has 1 N–H and O–H groups in total. The first kappa shape index (κ1) is 12.5. The molecular weight excluding hydrogens is 259 g/mol. The summed E-state index contributed by atoms with van der Waals surface area (Å²) in [5, 5.41) is 0.431. The first-order valence-corrected chi connectivity index (χ1v) is 6.78. The zero-order chi connectivity index (χ0) is 11.3. The van der Waals surface area contributed by atoms with E-state index in [1.807, 2.05) is 0 Å². The van der Waals surface area contributed by atoms with Gasteiger partial charge in [-0.25, -0.2) is 13.4 Å². The Kier molecular flexibility index (Phi) is 4.63. The lowest BCUT2D eigenvalue weighted by Crippen LogP contribution is -2.17. The highest BCUT2D eigenvalue weighted by molar-refractivity contribution is 7.92. The molecule has 0 saturated carbocycles. The number of nitrogens with one attached hydrogen (secondary N) is 1. The molecule has 1 aromatic heterocycles. The predicted octanol–water partition coefficient (Wildman–Crippen LogP) is 2.11. The molecule has 0 aliphatic heterocycles. The van der Waals surface area contributed by atoms with Crippen LogP contribution in [0.15, 0.2) is 18.3 Å². The van der Waals surface area contributed by atoms with E-state index in [4.69, 9.17) is 23.2 Å². The van der Waals surface area contributed by atoms with E-state index in [-0.39, 0.29) is 11.6 Å². The Hall–Kier alpha value is -0.520. The summed E-state index contributed by atoms with van der Waals surface area (Å²) in [6.07, 6.45) is 1.83. The average Bonchev–Trinajstić information content (AvgIpc) is 2.14. The van der Waals surface area contributed by atoms with Gasteiger partial charge in [-0.2, -0.15) is 0 Å². The maximum absolute atomic E-state index is 11.4. The highest BCUT2D eigenvalue weighted by Gasteiger charge is 2.10. The van der Waals surface area contributed by atoms with E-state index in [0.717, 1.165) is 0 Å². The van der Waals surface area contributed by atoms with Crippen LogP contribution in [0.5, 0.6) is 0 Å². The van der Waals surface area contributed by atoms with E-state index in [1.165, 1.54) is 12.3 Å². The van der Waals surface area contributed by atoms with Gasteiger partial charge in [-0.05, 0) is 12.5 Å². The Morgan fingerprint density at radius 3 is 2.80 bits per heavy atom. The van der Waals surface area contributed by atoms with Gasteiger partial charge in [0.05, 0.1) is 5.75 Å². The number of hydrogen-bond acceptors (Lipinski definition) is 3. The molecule has 0 spiro atoms. The Labute approximate surface area is 98.7 Å². The molecule has 0 fully saturated rings. The van der Waals surface area contributed by atoms with Crippen molar-refractivity contribution in [3.05, 3.63) is 23.4 Å². The number of nitrogens with zero attached hydrogens (tertiary/aromatic N) is 1. The van der Waals surface area contributed by atoms with E-state index in [1.54, 1.807) is 6.07 Å². The molecule has 0 amide bonds. The van der Waals surface area contributed by atoms with Crippen LogP contribution in [0.2, 0.25) is 5.02 Å². The van der Waals surface area contributed by atoms with Gasteiger partial charge in [0.25, 0.3) is 0 Å². The van der Waals surface area contributed by atoms with Gasteiger partial charge in [-0.15, -0.1) is 11.6 Å². The highest BCUT2D eigenvalue weighted by atomic mass is 35.5. The normalized spacial score (nSPS) is 11.3. The number of anilines is 1. The summed E-state index contributed by atoms with van der Waals surface area (Å²) in [6, 6.07) is 3.01. The number of rotatable bonds is 5. The first-order chi connectivity index (χ1) is 7.03. The Morgan fingerprint density at radius 1 is 1.47 bits per heavy atom. The summed E-state index contributed by atoms with van der Waals surface area (Å²) in [7, 11) is -3.37. The molecular formula is C8H10Cl2N2O2S. The van der Waals surface area contributed by atoms with Gasteiger partial charge in [0.1, 0.15) is 5.82 Å². The maximum Gasteiger partial charge on any atom is 0.233 e. The van der Waals surface area contributed by atoms with Gasteiger partial charge in [-0.3, -0.25) is 4.72 Å². The highest BCUT2D eigenvalue weighted by Crippen LogP contribution is 2.13. The number of sulfonamides is 1. The molecule has 1 heterocycles. The molecule has 0 unspecified atom stereocenters. The summed E-state index contributed by atoms with van der Waals surface area (Å²) in [4.78, 5) is 3.83. The van der Waals surface area contributed by atoms with Gasteiger partial charge < -0.3 is 0 Å². The fourth-order valence-electron chi connectivity index (χ4n) is 0.916. The minimum atomic E-state index is -3.37. The summed E-state index contributed by atoms with van der Waals surface area (Å²) in [5.74, 6) is 0.506. The van der Waals surface area contributed by atoms with E-state index >= 15 is 0 Å². The smallest absolute Gasteiger partial charge is 0.233 e. The third-order valence-electron chi connectivity index (χ3n) is 1.53. The van der Waals surface area contributed by atoms with Crippen molar-refractivity contribution in [1.29, 1.82) is 0 Å². The van der Waals surface area contributed by atoms with E-state index in [0.29, 0.717) is 17.3 Å². The van der Waals surface area contributed by atoms with Crippen LogP contribution >= 0.6 is 23.2 Å². The quantitative estimate of drug-likeness (QED) is 0.833. The van der Waals surface area contributed by atoms with Crippen LogP contribution in [0, 0.1) is 0 Å². The standard InChI is InChI=1S/C8H10Cl2N2O2S/c9-3-1-5-15(13,14)12-8-6-7(10)2-4-11-8/h2,4,6H,1,3,5H2,(H,11,12). The van der Waals surface area contributed by atoms with Crippen molar-refractivity contribution in [3.63, 3.8) is 0 Å². The van der Waals surface area contributed by atoms with Crippen molar-refractivity contribution in [1.82, 2.24) is 4.98 Å². The molecule has 15 heavy (non-hydrogen) atoms. The number of halogens is 2. The molecule has 0 bridgehead atoms. The predicted molar refractivity (Wildman–Crippen MR) is 62.0 cm³/mol. The molecule has 84 valence electrons. The SMILES string of the molecule is O=S(=O)(CCCCl)Nc1cc(Cl)ccn1. The largest absolute Gasteiger partial charge is 0.267 e. The zero-order valence-electron chi connectivity index (χ0n) is 7.78. The molecule has 4 nitrogen and oxygen atoms in total. The maximum atomic E-state index is 11.4. The Morgan fingerprint density at radius 2 is 2.20 bits per heavy atom. The van der Waals surface area contributed by atoms with Crippen LogP contribution in [0.1, 0.15) is 6.42 Å². The lowest BCUT2D eigenvalue weighted by molar-refractivity contribution is 0.600. The first-order valence-electron chi connectivity index (χ1n) is 4.21. The Balaban J connectivity index is 2.69. The van der Waals surface area contributed by atoms with E-state index in [2.05, 4.69) is 9.71 Å². The van der Waals surface area contributed by atoms with Crippen LogP contribution in [0.4, 0.5) is 5.82 Å². The van der Waals surface area contributed by atoms with Gasteiger partial charge >= 0.3 is 0 Å². The molecule has 7 heteroatoms. The van der Waals surface area contributed by atoms with Crippen molar-refractivity contribution in [2.24, 2.45) is 0 Å². The van der Waals surface area contributed by atoms with Crippen molar-refractivity contribution < 1.29 is 8.42 Å². The van der Waals surface area contributed by atoms with Crippen molar-refractivity contribution >= 4 is 39.0 Å². The molecule has 0 atom stereocenters. The molecule has 1 aromatic rings. The lowest BCUT2D eigenvalue weighted by atomic mass is 10.5. The number of pyridine rings is 1. The number of hydrogen-bond donors (Lipinski definition) is 1. The summed E-state index contributed by atoms with van der Waals surface area (Å²) in [5.41, 5.74) is 0. The summed E-state index contributed by atoms with van der Waals surface area (Å²) < 4.78 is 25.1. The van der Waals surface area contributed by atoms with E-state index in [9.17, 15) is 8.42 Å². The third-order valence-corrected chi connectivity index (χ3v) is 3.38. The van der Waals surface area contributed by atoms with Crippen molar-refractivity contribution in [2.45, 2.75) is 6.42 Å². The van der Waals surface area contributed by atoms with Crippen LogP contribution in [0.25, 0.3) is 0 Å². The topological polar surface area (TPSA) is 59.1 Å². The minimum absolute atomic E-state index is 0.0231. The summed E-state index contributed by atoms with van der Waals surface area (Å²) >= 11 is 11.1. The second-order valence-corrected chi connectivity index (χ2v) is 5.48. The molecule has 0 radical (unpaired) electrons. The second-order valence-electron chi connectivity index (χ2n) is 2.82. The number of alkyl halides is 1. The lowest BCUT2D eigenvalue weighted by Gasteiger charge is -2.05. The van der Waals surface area contributed by atoms with Gasteiger partial charge in [0.2, 0.25) is 10.0 Å². The monoisotopic (exact) mass is 268 g/mol. The third kappa shape index (κ3) is 4.68. The van der Waals surface area contributed by atoms with Crippen molar-refractivity contribution in [3.8, 4) is 0 Å². The molecule has 0 aliphatic rings. The molecule has 1 rings (SSSR count). The number of aromatic nitrogens is 1.